The molecule has 29 heavy (non-hydrogen) atoms. The summed E-state index contributed by atoms with van der Waals surface area (Å²) in [5.41, 5.74) is 5.21. The minimum Gasteiger partial charge on any atom is -0.384 e. The minimum absolute atomic E-state index is 0.136. The van der Waals surface area contributed by atoms with Crippen LogP contribution in [-0.2, 0) is 0 Å². The highest BCUT2D eigenvalue weighted by Gasteiger charge is 2.23. The van der Waals surface area contributed by atoms with Crippen molar-refractivity contribution in [1.82, 2.24) is 5.32 Å². The van der Waals surface area contributed by atoms with Crippen LogP contribution in [0.2, 0.25) is 0 Å². The number of thiol groups is 1. The van der Waals surface area contributed by atoms with Crippen LogP contribution in [0, 0.1) is 19.8 Å². The Hall–Kier alpha value is -1.61. The van der Waals surface area contributed by atoms with Gasteiger partial charge in [-0.3, -0.25) is 0 Å². The van der Waals surface area contributed by atoms with E-state index in [9.17, 15) is 0 Å². The van der Waals surface area contributed by atoms with Crippen molar-refractivity contribution in [3.05, 3.63) is 59.5 Å². The second-order valence-corrected chi connectivity index (χ2v) is 8.50. The Kier molecular flexibility index (Phi) is 13.6. The van der Waals surface area contributed by atoms with Gasteiger partial charge in [-0.2, -0.15) is 0 Å². The summed E-state index contributed by atoms with van der Waals surface area (Å²) in [5, 5.41) is 6.87. The van der Waals surface area contributed by atoms with Gasteiger partial charge in [-0.05, 0) is 76.1 Å². The molecule has 3 heteroatoms. The Labute approximate surface area is 186 Å². The average Bonchev–Trinajstić information content (AvgIpc) is 2.69. The van der Waals surface area contributed by atoms with Crippen LogP contribution in [0.1, 0.15) is 78.9 Å². The summed E-state index contributed by atoms with van der Waals surface area (Å²) < 4.78 is 0. The number of nitrogens with one attached hydrogen (secondary N) is 2. The molecule has 0 saturated carbocycles. The molecule has 2 N–H and O–H groups in total. The Morgan fingerprint density at radius 1 is 1.10 bits per heavy atom. The summed E-state index contributed by atoms with van der Waals surface area (Å²) in [6.45, 7) is 19.3. The van der Waals surface area contributed by atoms with E-state index in [4.69, 9.17) is 0 Å². The molecule has 1 unspecified atom stereocenters. The summed E-state index contributed by atoms with van der Waals surface area (Å²) in [6.07, 6.45) is 14.1. The van der Waals surface area contributed by atoms with Crippen molar-refractivity contribution < 1.29 is 0 Å². The van der Waals surface area contributed by atoms with Crippen molar-refractivity contribution in [3.8, 4) is 0 Å². The minimum atomic E-state index is 0.136. The van der Waals surface area contributed by atoms with E-state index < -0.39 is 0 Å². The number of hydrogen-bond acceptors (Lipinski definition) is 3. The molecule has 0 radical (unpaired) electrons. The molecule has 1 aromatic carbocycles. The normalized spacial score (nSPS) is 14.9. The number of aryl methyl sites for hydroxylation is 2. The third-order valence-corrected chi connectivity index (χ3v) is 5.73. The fraction of sp³-hybridized carbons (Fsp3) is 0.538. The molecule has 0 bridgehead atoms. The molecule has 1 atom stereocenters. The van der Waals surface area contributed by atoms with E-state index in [1.54, 1.807) is 0 Å². The number of anilines is 1. The van der Waals surface area contributed by atoms with Crippen molar-refractivity contribution in [2.75, 3.05) is 5.32 Å². The molecular formula is C26H44N2S. The molecule has 1 aliphatic carbocycles. The monoisotopic (exact) mass is 416 g/mol. The first-order chi connectivity index (χ1) is 13.7. The first-order valence-corrected chi connectivity index (χ1v) is 11.5. The fourth-order valence-electron chi connectivity index (χ4n) is 2.93. The average molecular weight is 417 g/mol. The smallest absolute Gasteiger partial charge is 0.0440 e. The van der Waals surface area contributed by atoms with Gasteiger partial charge < -0.3 is 10.6 Å². The van der Waals surface area contributed by atoms with Crippen LogP contribution in [0.5, 0.6) is 0 Å². The van der Waals surface area contributed by atoms with Gasteiger partial charge in [0.25, 0.3) is 0 Å². The molecule has 0 heterocycles. The first-order valence-electron chi connectivity index (χ1n) is 11.0. The zero-order valence-corrected chi connectivity index (χ0v) is 21.1. The lowest BCUT2D eigenvalue weighted by atomic mass is 9.86. The SMILES string of the molecule is CC.CC1=CC=CCC1.CCC(C)(N/C=C\Nc1c(C)cc(S)cc1C)C(C)C. The largest absolute Gasteiger partial charge is 0.384 e. The highest BCUT2D eigenvalue weighted by molar-refractivity contribution is 7.80. The molecule has 0 aliphatic heterocycles. The van der Waals surface area contributed by atoms with E-state index in [0.717, 1.165) is 17.0 Å². The van der Waals surface area contributed by atoms with Crippen LogP contribution >= 0.6 is 12.6 Å². The molecule has 164 valence electrons. The maximum atomic E-state index is 4.40. The second kappa shape index (κ2) is 14.4. The van der Waals surface area contributed by atoms with E-state index in [0.29, 0.717) is 5.92 Å². The van der Waals surface area contributed by atoms with Gasteiger partial charge in [0.15, 0.2) is 0 Å². The predicted molar refractivity (Wildman–Crippen MR) is 136 cm³/mol. The maximum absolute atomic E-state index is 4.40. The van der Waals surface area contributed by atoms with Crippen LogP contribution in [-0.4, -0.2) is 5.54 Å². The number of allylic oxidation sites excluding steroid dienone is 4. The highest BCUT2D eigenvalue weighted by Crippen LogP contribution is 2.24. The van der Waals surface area contributed by atoms with E-state index >= 15 is 0 Å². The Bertz CT molecular complexity index is 663. The van der Waals surface area contributed by atoms with Crippen molar-refractivity contribution in [2.45, 2.75) is 92.0 Å². The number of benzene rings is 1. The topological polar surface area (TPSA) is 24.1 Å². The number of rotatable bonds is 6. The molecule has 0 aromatic heterocycles. The van der Waals surface area contributed by atoms with Crippen molar-refractivity contribution in [1.29, 1.82) is 0 Å². The molecular weight excluding hydrogens is 372 g/mol. The van der Waals surface area contributed by atoms with Crippen LogP contribution < -0.4 is 10.6 Å². The van der Waals surface area contributed by atoms with Gasteiger partial charge in [0.1, 0.15) is 0 Å². The van der Waals surface area contributed by atoms with Gasteiger partial charge in [0.2, 0.25) is 0 Å². The zero-order chi connectivity index (χ0) is 22.4. The Morgan fingerprint density at radius 2 is 1.69 bits per heavy atom. The Morgan fingerprint density at radius 3 is 2.07 bits per heavy atom. The van der Waals surface area contributed by atoms with E-state index in [-0.39, 0.29) is 5.54 Å². The van der Waals surface area contributed by atoms with Crippen molar-refractivity contribution >= 4 is 18.3 Å². The zero-order valence-electron chi connectivity index (χ0n) is 20.2. The standard InChI is InChI=1S/C17H28N2S.C7H10.C2H6/c1-7-17(6,12(2)3)19-9-8-18-16-13(4)10-15(20)11-14(16)5;1-7-5-3-2-4-6-7;1-2/h8-12,18-20H,7H2,1-6H3;2-3,5H,4,6H2,1H3;1-2H3/b9-8-;;. The molecule has 1 aromatic rings. The van der Waals surface area contributed by atoms with Crippen LogP contribution in [0.4, 0.5) is 5.69 Å². The summed E-state index contributed by atoms with van der Waals surface area (Å²) >= 11 is 4.40. The van der Waals surface area contributed by atoms with Gasteiger partial charge in [-0.15, -0.1) is 12.6 Å². The molecule has 1 aliphatic rings. The molecule has 0 spiro atoms. The van der Waals surface area contributed by atoms with Crippen LogP contribution in [0.3, 0.4) is 0 Å². The first kappa shape index (κ1) is 27.4. The van der Waals surface area contributed by atoms with Crippen LogP contribution in [0.15, 0.2) is 53.2 Å². The van der Waals surface area contributed by atoms with E-state index in [1.807, 2.05) is 26.2 Å². The lowest BCUT2D eigenvalue weighted by Crippen LogP contribution is -2.43. The Balaban J connectivity index is 0.000000722. The van der Waals surface area contributed by atoms with Gasteiger partial charge in [-0.1, -0.05) is 58.4 Å². The lowest BCUT2D eigenvalue weighted by molar-refractivity contribution is 0.282. The van der Waals surface area contributed by atoms with Gasteiger partial charge in [0, 0.05) is 28.5 Å². The number of hydrogen-bond donors (Lipinski definition) is 3. The van der Waals surface area contributed by atoms with Gasteiger partial charge in [0.05, 0.1) is 0 Å². The quantitative estimate of drug-likeness (QED) is 0.407. The fourth-order valence-corrected chi connectivity index (χ4v) is 3.31. The lowest BCUT2D eigenvalue weighted by Gasteiger charge is -2.33. The highest BCUT2D eigenvalue weighted by atomic mass is 32.1. The maximum Gasteiger partial charge on any atom is 0.0440 e. The summed E-state index contributed by atoms with van der Waals surface area (Å²) in [4.78, 5) is 1.01. The molecule has 2 rings (SSSR count). The van der Waals surface area contributed by atoms with E-state index in [2.05, 4.69) is 102 Å². The second-order valence-electron chi connectivity index (χ2n) is 7.98. The van der Waals surface area contributed by atoms with Gasteiger partial charge >= 0.3 is 0 Å². The summed E-state index contributed by atoms with van der Waals surface area (Å²) in [7, 11) is 0. The molecule has 0 fully saturated rings. The third-order valence-electron chi connectivity index (χ3n) is 5.47. The molecule has 2 nitrogen and oxygen atoms in total. The molecule has 0 saturated heterocycles. The van der Waals surface area contributed by atoms with Crippen LogP contribution in [0.25, 0.3) is 0 Å². The van der Waals surface area contributed by atoms with Gasteiger partial charge in [-0.25, -0.2) is 0 Å². The molecule has 0 amide bonds. The summed E-state index contributed by atoms with van der Waals surface area (Å²) in [5.74, 6) is 0.587. The van der Waals surface area contributed by atoms with Crippen molar-refractivity contribution in [3.63, 3.8) is 0 Å². The van der Waals surface area contributed by atoms with E-state index in [1.165, 1.54) is 29.5 Å². The summed E-state index contributed by atoms with van der Waals surface area (Å²) in [6, 6.07) is 4.15. The predicted octanol–water partition coefficient (Wildman–Crippen LogP) is 8.20. The van der Waals surface area contributed by atoms with Crippen molar-refractivity contribution in [2.24, 2.45) is 5.92 Å². The third kappa shape index (κ3) is 10.1.